The third-order valence-electron chi connectivity index (χ3n) is 9.01. The summed E-state index contributed by atoms with van der Waals surface area (Å²) in [5, 5.41) is 7.79. The molecule has 1 aliphatic heterocycles. The van der Waals surface area contributed by atoms with Crippen molar-refractivity contribution in [2.75, 3.05) is 5.32 Å². The Morgan fingerprint density at radius 3 is 2.38 bits per heavy atom. The molecule has 3 heteroatoms. The van der Waals surface area contributed by atoms with E-state index < -0.39 is 0 Å². The fourth-order valence-corrected chi connectivity index (χ4v) is 7.23. The number of nitrogens with zero attached hydrogens (tertiary/aromatic N) is 2. The van der Waals surface area contributed by atoms with Crippen molar-refractivity contribution in [3.8, 4) is 16.8 Å². The van der Waals surface area contributed by atoms with E-state index in [1.807, 2.05) is 0 Å². The molecule has 2 aliphatic rings. The Morgan fingerprint density at radius 1 is 0.643 bits per heavy atom. The summed E-state index contributed by atoms with van der Waals surface area (Å²) in [6.07, 6.45) is 11.4. The molecule has 0 saturated heterocycles. The highest BCUT2D eigenvalue weighted by atomic mass is 15.2. The zero-order chi connectivity index (χ0) is 27.6. The van der Waals surface area contributed by atoms with Crippen LogP contribution in [0, 0.1) is 0 Å². The molecule has 9 rings (SSSR count). The van der Waals surface area contributed by atoms with Crippen molar-refractivity contribution >= 4 is 50.5 Å². The van der Waals surface area contributed by atoms with Crippen LogP contribution in [0.2, 0.25) is 0 Å². The largest absolute Gasteiger partial charge is 0.361 e. The van der Waals surface area contributed by atoms with Crippen molar-refractivity contribution in [2.24, 2.45) is 0 Å². The molecule has 0 fully saturated rings. The predicted molar refractivity (Wildman–Crippen MR) is 177 cm³/mol. The molecule has 200 valence electrons. The van der Waals surface area contributed by atoms with Gasteiger partial charge in [0.2, 0.25) is 0 Å². The Morgan fingerprint density at radius 2 is 1.43 bits per heavy atom. The summed E-state index contributed by atoms with van der Waals surface area (Å²) < 4.78 is 5.02. The van der Waals surface area contributed by atoms with E-state index in [0.29, 0.717) is 0 Å². The summed E-state index contributed by atoms with van der Waals surface area (Å²) in [5.41, 5.74) is 12.6. The smallest absolute Gasteiger partial charge is 0.123 e. The van der Waals surface area contributed by atoms with Gasteiger partial charge in [-0.25, -0.2) is 0 Å². The molecule has 3 nitrogen and oxygen atoms in total. The van der Waals surface area contributed by atoms with Crippen molar-refractivity contribution in [1.82, 2.24) is 9.13 Å². The van der Waals surface area contributed by atoms with Crippen LogP contribution >= 0.6 is 0 Å². The van der Waals surface area contributed by atoms with Gasteiger partial charge < -0.3 is 14.5 Å². The summed E-state index contributed by atoms with van der Waals surface area (Å²) in [7, 11) is 0. The number of allylic oxidation sites excluding steroid dienone is 1. The van der Waals surface area contributed by atoms with Crippen LogP contribution in [-0.2, 0) is 6.42 Å². The summed E-state index contributed by atoms with van der Waals surface area (Å²) >= 11 is 0. The zero-order valence-electron chi connectivity index (χ0n) is 23.2. The molecule has 1 unspecified atom stereocenters. The van der Waals surface area contributed by atoms with Gasteiger partial charge in [-0.3, -0.25) is 0 Å². The van der Waals surface area contributed by atoms with Crippen LogP contribution in [0.4, 0.5) is 5.69 Å². The molecule has 42 heavy (non-hydrogen) atoms. The minimum absolute atomic E-state index is 0.0576. The van der Waals surface area contributed by atoms with Gasteiger partial charge >= 0.3 is 0 Å². The minimum Gasteiger partial charge on any atom is -0.361 e. The number of para-hydroxylation sites is 3. The fraction of sp³-hybridized carbons (Fsp3) is 0.0769. The van der Waals surface area contributed by atoms with Crippen molar-refractivity contribution in [1.29, 1.82) is 0 Å². The van der Waals surface area contributed by atoms with E-state index in [1.54, 1.807) is 0 Å². The van der Waals surface area contributed by atoms with Crippen LogP contribution in [0.3, 0.4) is 0 Å². The molecule has 1 aliphatic carbocycles. The normalized spacial score (nSPS) is 15.7. The third kappa shape index (κ3) is 3.34. The number of hydrogen-bond donors (Lipinski definition) is 1. The average Bonchev–Trinajstić information content (AvgIpc) is 3.58. The Labute approximate surface area is 244 Å². The van der Waals surface area contributed by atoms with Gasteiger partial charge in [-0.1, -0.05) is 103 Å². The molecule has 0 saturated carbocycles. The molecule has 0 amide bonds. The summed E-state index contributed by atoms with van der Waals surface area (Å²) in [6, 6.07) is 41.7. The van der Waals surface area contributed by atoms with E-state index in [0.717, 1.165) is 12.8 Å². The maximum absolute atomic E-state index is 3.83. The van der Waals surface area contributed by atoms with Crippen LogP contribution in [0.25, 0.3) is 61.7 Å². The number of nitrogens with one attached hydrogen (secondary N) is 1. The number of anilines is 1. The van der Waals surface area contributed by atoms with E-state index in [-0.39, 0.29) is 6.17 Å². The number of benzene rings is 5. The highest BCUT2D eigenvalue weighted by Gasteiger charge is 2.27. The predicted octanol–water partition coefficient (Wildman–Crippen LogP) is 10.0. The van der Waals surface area contributed by atoms with E-state index >= 15 is 0 Å². The van der Waals surface area contributed by atoms with Crippen molar-refractivity contribution in [3.63, 3.8) is 0 Å². The van der Waals surface area contributed by atoms with E-state index in [2.05, 4.69) is 154 Å². The Hall–Kier alpha value is -5.28. The Balaban J connectivity index is 1.36. The molecular formula is C39H29N3. The first-order valence-electron chi connectivity index (χ1n) is 14.8. The molecular weight excluding hydrogens is 510 g/mol. The quantitative estimate of drug-likeness (QED) is 0.237. The molecule has 0 radical (unpaired) electrons. The van der Waals surface area contributed by atoms with Crippen LogP contribution in [0.1, 0.15) is 29.4 Å². The van der Waals surface area contributed by atoms with Crippen LogP contribution < -0.4 is 5.32 Å². The SMILES string of the molecule is C1=Cc2c(n(C3C=Cc4ccccc4N3)c3ccc4c(c5ccccc5n4-c4ccccc4-c4ccccc4)c23)CC1. The fourth-order valence-electron chi connectivity index (χ4n) is 7.23. The maximum Gasteiger partial charge on any atom is 0.123 e. The summed E-state index contributed by atoms with van der Waals surface area (Å²) in [4.78, 5) is 0. The van der Waals surface area contributed by atoms with Gasteiger partial charge in [0.1, 0.15) is 6.17 Å². The Bertz CT molecular complexity index is 2230. The number of hydrogen-bond acceptors (Lipinski definition) is 1. The molecule has 0 bridgehead atoms. The van der Waals surface area contributed by atoms with Gasteiger partial charge in [0.05, 0.1) is 22.2 Å². The molecule has 3 heterocycles. The lowest BCUT2D eigenvalue weighted by Gasteiger charge is -2.27. The lowest BCUT2D eigenvalue weighted by molar-refractivity contribution is 0.657. The Kier molecular flexibility index (Phi) is 5.09. The molecule has 7 aromatic rings. The zero-order valence-corrected chi connectivity index (χ0v) is 23.2. The van der Waals surface area contributed by atoms with E-state index in [1.165, 1.54) is 72.0 Å². The molecule has 1 atom stereocenters. The lowest BCUT2D eigenvalue weighted by atomic mass is 9.99. The van der Waals surface area contributed by atoms with Crippen LogP contribution in [-0.4, -0.2) is 9.13 Å². The second-order valence-corrected chi connectivity index (χ2v) is 11.3. The monoisotopic (exact) mass is 539 g/mol. The highest BCUT2D eigenvalue weighted by Crippen LogP contribution is 2.44. The summed E-state index contributed by atoms with van der Waals surface area (Å²) in [6.45, 7) is 0. The van der Waals surface area contributed by atoms with E-state index in [9.17, 15) is 0 Å². The van der Waals surface area contributed by atoms with Crippen molar-refractivity contribution in [3.05, 3.63) is 144 Å². The van der Waals surface area contributed by atoms with Crippen molar-refractivity contribution in [2.45, 2.75) is 19.0 Å². The molecule has 5 aromatic carbocycles. The van der Waals surface area contributed by atoms with Gasteiger partial charge in [-0.05, 0) is 60.4 Å². The standard InChI is InChI=1S/C39H29N3/c1-2-12-26(13-3-1)28-15-5-9-19-32(28)41-33-20-10-6-16-29(33)38-35(41)23-24-36-39(38)30-17-7-11-21-34(30)42(36)37-25-22-27-14-4-8-18-31(27)40-37/h1-10,12-20,22-25,37,40H,11,21H2. The van der Waals surface area contributed by atoms with Gasteiger partial charge in [-0.15, -0.1) is 0 Å². The number of fused-ring (bicyclic) bond motifs is 8. The second kappa shape index (κ2) is 9.12. The van der Waals surface area contributed by atoms with Crippen LogP contribution in [0.5, 0.6) is 0 Å². The third-order valence-corrected chi connectivity index (χ3v) is 9.01. The molecule has 1 N–H and O–H groups in total. The topological polar surface area (TPSA) is 21.9 Å². The van der Waals surface area contributed by atoms with Gasteiger partial charge in [0, 0.05) is 38.7 Å². The van der Waals surface area contributed by atoms with Gasteiger partial charge in [0.15, 0.2) is 0 Å². The molecule has 0 spiro atoms. The van der Waals surface area contributed by atoms with Crippen molar-refractivity contribution < 1.29 is 0 Å². The van der Waals surface area contributed by atoms with E-state index in [4.69, 9.17) is 0 Å². The highest BCUT2D eigenvalue weighted by molar-refractivity contribution is 6.23. The maximum atomic E-state index is 3.83. The van der Waals surface area contributed by atoms with Crippen LogP contribution in [0.15, 0.2) is 127 Å². The number of rotatable bonds is 3. The molecule has 2 aromatic heterocycles. The summed E-state index contributed by atoms with van der Waals surface area (Å²) in [5.74, 6) is 0. The van der Waals surface area contributed by atoms with Gasteiger partial charge in [0.25, 0.3) is 0 Å². The first-order valence-corrected chi connectivity index (χ1v) is 14.8. The first-order chi connectivity index (χ1) is 20.9. The minimum atomic E-state index is 0.0576. The first kappa shape index (κ1) is 23.4. The lowest BCUT2D eigenvalue weighted by Crippen LogP contribution is -2.21. The number of aromatic nitrogens is 2. The average molecular weight is 540 g/mol. The van der Waals surface area contributed by atoms with Gasteiger partial charge in [-0.2, -0.15) is 0 Å². The second-order valence-electron chi connectivity index (χ2n) is 11.3.